The molecule has 0 aliphatic carbocycles. The van der Waals surface area contributed by atoms with Crippen molar-refractivity contribution in [3.63, 3.8) is 0 Å². The Bertz CT molecular complexity index is 1180. The average molecular weight is 363 g/mol. The van der Waals surface area contributed by atoms with Crippen molar-refractivity contribution in [1.82, 2.24) is 20.0 Å². The van der Waals surface area contributed by atoms with Crippen LogP contribution in [0.4, 0.5) is 5.82 Å². The number of nitrogens with one attached hydrogen (secondary N) is 2. The minimum atomic E-state index is -0.585. The first-order valence-corrected chi connectivity index (χ1v) is 8.27. The van der Waals surface area contributed by atoms with Crippen LogP contribution in [0.3, 0.4) is 0 Å². The van der Waals surface area contributed by atoms with Gasteiger partial charge in [-0.2, -0.15) is 10.2 Å². The van der Waals surface area contributed by atoms with Gasteiger partial charge in [0.15, 0.2) is 17.3 Å². The first-order valence-electron chi connectivity index (χ1n) is 8.27. The van der Waals surface area contributed by atoms with Crippen molar-refractivity contribution in [2.45, 2.75) is 13.8 Å². The predicted octanol–water partition coefficient (Wildman–Crippen LogP) is 3.03. The molecule has 0 radical (unpaired) electrons. The summed E-state index contributed by atoms with van der Waals surface area (Å²) in [7, 11) is 0. The summed E-state index contributed by atoms with van der Waals surface area (Å²) in [6.07, 6.45) is 1.40. The number of carbonyl (C=O) groups is 1. The molecule has 0 saturated heterocycles. The van der Waals surface area contributed by atoms with Gasteiger partial charge < -0.3 is 15.5 Å². The molecule has 0 aliphatic heterocycles. The number of phenols is 1. The lowest BCUT2D eigenvalue weighted by Gasteiger charge is -2.07. The Labute approximate surface area is 154 Å². The molecule has 0 bridgehead atoms. The molecule has 4 rings (SSSR count). The number of phenolic OH excluding ortho intramolecular Hbond substituents is 1. The molecule has 0 spiro atoms. The molecule has 136 valence electrons. The summed E-state index contributed by atoms with van der Waals surface area (Å²) >= 11 is 0. The largest absolute Gasteiger partial charge is 0.508 e. The first-order chi connectivity index (χ1) is 12.9. The first kappa shape index (κ1) is 16.6. The third-order valence-electron chi connectivity index (χ3n) is 4.51. The highest BCUT2D eigenvalue weighted by Crippen LogP contribution is 2.26. The van der Waals surface area contributed by atoms with Crippen LogP contribution in [0.1, 0.15) is 21.6 Å². The highest BCUT2D eigenvalue weighted by atomic mass is 16.3. The zero-order valence-electron chi connectivity index (χ0n) is 14.7. The number of carbonyl (C=O) groups excluding carboxylic acids is 1. The number of anilines is 1. The molecule has 27 heavy (non-hydrogen) atoms. The summed E-state index contributed by atoms with van der Waals surface area (Å²) in [5.41, 5.74) is 3.34. The van der Waals surface area contributed by atoms with E-state index in [9.17, 15) is 15.0 Å². The zero-order valence-corrected chi connectivity index (χ0v) is 14.7. The van der Waals surface area contributed by atoms with Gasteiger partial charge in [-0.3, -0.25) is 9.89 Å². The molecule has 0 saturated carbocycles. The van der Waals surface area contributed by atoms with E-state index in [1.165, 1.54) is 23.0 Å². The lowest BCUT2D eigenvalue weighted by molar-refractivity contribution is 0.101. The molecule has 0 fully saturated rings. The fourth-order valence-electron chi connectivity index (χ4n) is 2.90. The van der Waals surface area contributed by atoms with Gasteiger partial charge in [0.1, 0.15) is 5.75 Å². The topological polar surface area (TPSA) is 116 Å². The molecule has 2 aromatic carbocycles. The average Bonchev–Trinajstić information content (AvgIpc) is 3.20. The van der Waals surface area contributed by atoms with Gasteiger partial charge >= 0.3 is 0 Å². The van der Waals surface area contributed by atoms with Crippen LogP contribution in [-0.4, -0.2) is 36.1 Å². The summed E-state index contributed by atoms with van der Waals surface area (Å²) < 4.78 is 1.48. The summed E-state index contributed by atoms with van der Waals surface area (Å²) in [6, 6.07) is 10.4. The van der Waals surface area contributed by atoms with E-state index in [1.807, 2.05) is 32.0 Å². The fraction of sp³-hybridized carbons (Fsp3) is 0.105. The molecule has 0 atom stereocenters. The number of nitrogens with zero attached hydrogens (tertiary/aromatic N) is 3. The smallest absolute Gasteiger partial charge is 0.281 e. The van der Waals surface area contributed by atoms with Gasteiger partial charge in [-0.1, -0.05) is 12.1 Å². The molecule has 8 nitrogen and oxygen atoms in total. The number of aromatic amines is 1. The van der Waals surface area contributed by atoms with Crippen molar-refractivity contribution < 1.29 is 15.0 Å². The van der Waals surface area contributed by atoms with Crippen molar-refractivity contribution in [1.29, 1.82) is 0 Å². The number of amides is 1. The van der Waals surface area contributed by atoms with Gasteiger partial charge in [0.2, 0.25) is 0 Å². The van der Waals surface area contributed by atoms with Gasteiger partial charge in [-0.15, -0.1) is 0 Å². The van der Waals surface area contributed by atoms with E-state index in [-0.39, 0.29) is 23.0 Å². The molecule has 1 amide bonds. The lowest BCUT2D eigenvalue weighted by atomic mass is 10.1. The van der Waals surface area contributed by atoms with Gasteiger partial charge in [-0.25, -0.2) is 4.68 Å². The van der Waals surface area contributed by atoms with Crippen LogP contribution in [0.5, 0.6) is 11.5 Å². The number of aryl methyl sites for hydroxylation is 1. The van der Waals surface area contributed by atoms with E-state index < -0.39 is 5.91 Å². The predicted molar refractivity (Wildman–Crippen MR) is 100 cm³/mol. The summed E-state index contributed by atoms with van der Waals surface area (Å²) in [5.74, 6) is -0.437. The van der Waals surface area contributed by atoms with Crippen molar-refractivity contribution in [3.8, 4) is 17.2 Å². The molecule has 8 heteroatoms. The second-order valence-corrected chi connectivity index (χ2v) is 6.28. The molecule has 4 aromatic rings. The van der Waals surface area contributed by atoms with Crippen LogP contribution >= 0.6 is 0 Å². The van der Waals surface area contributed by atoms with Crippen molar-refractivity contribution in [2.75, 3.05) is 5.32 Å². The highest BCUT2D eigenvalue weighted by Gasteiger charge is 2.20. The van der Waals surface area contributed by atoms with Crippen LogP contribution < -0.4 is 5.32 Å². The number of benzene rings is 2. The van der Waals surface area contributed by atoms with E-state index >= 15 is 0 Å². The number of aromatic hydroxyl groups is 2. The molecule has 0 aliphatic rings. The number of aromatic nitrogens is 4. The summed E-state index contributed by atoms with van der Waals surface area (Å²) in [6.45, 7) is 3.94. The summed E-state index contributed by atoms with van der Waals surface area (Å²) in [4.78, 5) is 12.6. The second kappa shape index (κ2) is 6.17. The van der Waals surface area contributed by atoms with Gasteiger partial charge in [0.25, 0.3) is 5.91 Å². The lowest BCUT2D eigenvalue weighted by Crippen LogP contribution is -2.14. The van der Waals surface area contributed by atoms with Crippen LogP contribution in [0.25, 0.3) is 16.6 Å². The van der Waals surface area contributed by atoms with Crippen molar-refractivity contribution in [2.24, 2.45) is 0 Å². The van der Waals surface area contributed by atoms with E-state index in [1.54, 1.807) is 6.07 Å². The van der Waals surface area contributed by atoms with Crippen molar-refractivity contribution >= 4 is 22.6 Å². The Kier molecular flexibility index (Phi) is 3.80. The normalized spacial score (nSPS) is 11.0. The number of hydrogen-bond acceptors (Lipinski definition) is 5. The highest BCUT2D eigenvalue weighted by molar-refractivity contribution is 6.08. The maximum absolute atomic E-state index is 12.6. The Morgan fingerprint density at radius 2 is 2.00 bits per heavy atom. The quantitative estimate of drug-likeness (QED) is 0.446. The maximum Gasteiger partial charge on any atom is 0.281 e. The Balaban J connectivity index is 1.66. The number of H-pyrrole nitrogens is 1. The van der Waals surface area contributed by atoms with Gasteiger partial charge in [0.05, 0.1) is 17.4 Å². The number of hydrogen-bond donors (Lipinski definition) is 4. The fourth-order valence-corrected chi connectivity index (χ4v) is 2.90. The Morgan fingerprint density at radius 1 is 1.19 bits per heavy atom. The Morgan fingerprint density at radius 3 is 2.81 bits per heavy atom. The monoisotopic (exact) mass is 363 g/mol. The summed E-state index contributed by atoms with van der Waals surface area (Å²) in [5, 5.41) is 34.0. The number of rotatable bonds is 3. The Hall–Kier alpha value is -3.81. The zero-order chi connectivity index (χ0) is 19.1. The minimum absolute atomic E-state index is 0.0916. The van der Waals surface area contributed by atoms with E-state index in [4.69, 9.17) is 0 Å². The third kappa shape index (κ3) is 2.86. The van der Waals surface area contributed by atoms with Gasteiger partial charge in [-0.05, 0) is 43.2 Å². The second-order valence-electron chi connectivity index (χ2n) is 6.28. The molecular formula is C19H17N5O3. The molecule has 2 heterocycles. The molecular weight excluding hydrogens is 346 g/mol. The van der Waals surface area contributed by atoms with Gasteiger partial charge in [0, 0.05) is 11.5 Å². The van der Waals surface area contributed by atoms with E-state index in [0.717, 1.165) is 16.8 Å². The number of fused-ring (bicyclic) bond motifs is 1. The van der Waals surface area contributed by atoms with Crippen molar-refractivity contribution in [3.05, 3.63) is 59.4 Å². The van der Waals surface area contributed by atoms with E-state index in [2.05, 4.69) is 20.6 Å². The van der Waals surface area contributed by atoms with E-state index in [0.29, 0.717) is 10.9 Å². The SMILES string of the molecule is Cc1cccc(-n2cc(O)c(C(=O)Nc3n[nH]c4cc(O)ccc34)n2)c1C. The van der Waals surface area contributed by atoms with Crippen LogP contribution in [-0.2, 0) is 0 Å². The molecule has 4 N–H and O–H groups in total. The minimum Gasteiger partial charge on any atom is -0.508 e. The molecule has 2 aromatic heterocycles. The standard InChI is InChI=1S/C19H17N5O3/c1-10-4-3-5-15(11(10)2)24-9-16(26)17(23-24)19(27)20-18-13-7-6-12(25)8-14(13)21-22-18/h3-9,25-26H,1-2H3,(H2,20,21,22,27). The molecule has 0 unspecified atom stereocenters. The van der Waals surface area contributed by atoms with Crippen LogP contribution in [0, 0.1) is 13.8 Å². The maximum atomic E-state index is 12.6. The third-order valence-corrected chi connectivity index (χ3v) is 4.51. The van der Waals surface area contributed by atoms with Crippen LogP contribution in [0.15, 0.2) is 42.6 Å². The van der Waals surface area contributed by atoms with Crippen LogP contribution in [0.2, 0.25) is 0 Å².